The number of nitrogens with one attached hydrogen (secondary N) is 1. The van der Waals surface area contributed by atoms with Crippen LogP contribution in [0.2, 0.25) is 0 Å². The van der Waals surface area contributed by atoms with Gasteiger partial charge in [0.2, 0.25) is 11.9 Å². The summed E-state index contributed by atoms with van der Waals surface area (Å²) in [5.74, 6) is -0.582. The van der Waals surface area contributed by atoms with Crippen molar-refractivity contribution in [3.63, 3.8) is 0 Å². The van der Waals surface area contributed by atoms with E-state index in [0.29, 0.717) is 11.5 Å². The van der Waals surface area contributed by atoms with E-state index < -0.39 is 12.0 Å². The van der Waals surface area contributed by atoms with Crippen LogP contribution in [0.5, 0.6) is 0 Å². The largest absolute Gasteiger partial charge is 0.480 e. The van der Waals surface area contributed by atoms with Crippen molar-refractivity contribution in [2.75, 3.05) is 11.1 Å². The standard InChI is InChI=1S/C16H19FN6O2/c1-9(14(24)25)23(12-6-7-12)8-13-20-15(18)22-16(21-13)19-11-4-2-10(17)3-5-11/h2-5,9,12H,6-8H2,1H3,(H,24,25)(H3,18,19,20,21,22). The number of hydrogen-bond donors (Lipinski definition) is 3. The van der Waals surface area contributed by atoms with Gasteiger partial charge in [-0.1, -0.05) is 0 Å². The summed E-state index contributed by atoms with van der Waals surface area (Å²) >= 11 is 0. The van der Waals surface area contributed by atoms with Gasteiger partial charge in [0, 0.05) is 11.7 Å². The second-order valence-corrected chi connectivity index (χ2v) is 5.98. The molecular formula is C16H19FN6O2. The monoisotopic (exact) mass is 346 g/mol. The Labute approximate surface area is 143 Å². The van der Waals surface area contributed by atoms with Crippen LogP contribution in [0.3, 0.4) is 0 Å². The average molecular weight is 346 g/mol. The summed E-state index contributed by atoms with van der Waals surface area (Å²) in [4.78, 5) is 25.6. The molecule has 3 rings (SSSR count). The molecule has 1 unspecified atom stereocenters. The number of carbonyl (C=O) groups is 1. The lowest BCUT2D eigenvalue weighted by Gasteiger charge is -2.25. The summed E-state index contributed by atoms with van der Waals surface area (Å²) in [6.45, 7) is 1.91. The number of aromatic nitrogens is 3. The fraction of sp³-hybridized carbons (Fsp3) is 0.375. The number of anilines is 3. The molecule has 8 nitrogen and oxygen atoms in total. The molecule has 1 heterocycles. The maximum Gasteiger partial charge on any atom is 0.320 e. The van der Waals surface area contributed by atoms with Crippen LogP contribution in [0.25, 0.3) is 0 Å². The second-order valence-electron chi connectivity index (χ2n) is 5.98. The summed E-state index contributed by atoms with van der Waals surface area (Å²) < 4.78 is 13.0. The van der Waals surface area contributed by atoms with Crippen molar-refractivity contribution in [2.24, 2.45) is 0 Å². The minimum absolute atomic E-state index is 0.0355. The Hall–Kier alpha value is -2.81. The fourth-order valence-corrected chi connectivity index (χ4v) is 2.52. The lowest BCUT2D eigenvalue weighted by Crippen LogP contribution is -2.40. The Balaban J connectivity index is 1.78. The maximum atomic E-state index is 13.0. The second kappa shape index (κ2) is 6.98. The van der Waals surface area contributed by atoms with Crippen molar-refractivity contribution in [1.29, 1.82) is 0 Å². The van der Waals surface area contributed by atoms with Crippen molar-refractivity contribution in [2.45, 2.75) is 38.4 Å². The lowest BCUT2D eigenvalue weighted by molar-refractivity contribution is -0.143. The van der Waals surface area contributed by atoms with E-state index in [4.69, 9.17) is 5.73 Å². The molecule has 2 aromatic rings. The molecule has 0 aliphatic heterocycles. The number of nitrogen functional groups attached to an aromatic ring is 1. The molecule has 1 saturated carbocycles. The number of carboxylic acids is 1. The first kappa shape index (κ1) is 17.0. The number of benzene rings is 1. The molecular weight excluding hydrogens is 327 g/mol. The highest BCUT2D eigenvalue weighted by molar-refractivity contribution is 5.73. The smallest absolute Gasteiger partial charge is 0.320 e. The molecule has 1 aromatic heterocycles. The molecule has 1 fully saturated rings. The van der Waals surface area contributed by atoms with Gasteiger partial charge >= 0.3 is 5.97 Å². The van der Waals surface area contributed by atoms with Crippen molar-refractivity contribution in [3.05, 3.63) is 35.9 Å². The lowest BCUT2D eigenvalue weighted by atomic mass is 10.2. The zero-order chi connectivity index (χ0) is 18.0. The molecule has 1 aliphatic rings. The zero-order valence-corrected chi connectivity index (χ0v) is 13.7. The van der Waals surface area contributed by atoms with E-state index >= 15 is 0 Å². The van der Waals surface area contributed by atoms with Crippen LogP contribution in [0.15, 0.2) is 24.3 Å². The first-order chi connectivity index (χ1) is 11.9. The maximum absolute atomic E-state index is 13.0. The quantitative estimate of drug-likeness (QED) is 0.694. The van der Waals surface area contributed by atoms with E-state index in [1.54, 1.807) is 19.1 Å². The van der Waals surface area contributed by atoms with Gasteiger partial charge in [0.15, 0.2) is 0 Å². The number of nitrogens with zero attached hydrogens (tertiary/aromatic N) is 4. The fourth-order valence-electron chi connectivity index (χ4n) is 2.52. The van der Waals surface area contributed by atoms with Gasteiger partial charge in [0.1, 0.15) is 17.7 Å². The summed E-state index contributed by atoms with van der Waals surface area (Å²) in [6, 6.07) is 5.32. The summed E-state index contributed by atoms with van der Waals surface area (Å²) in [5, 5.41) is 12.2. The minimum Gasteiger partial charge on any atom is -0.480 e. The molecule has 1 atom stereocenters. The SMILES string of the molecule is CC(C(=O)O)N(Cc1nc(N)nc(Nc2ccc(F)cc2)n1)C1CC1. The third-order valence-corrected chi connectivity index (χ3v) is 3.99. The topological polar surface area (TPSA) is 117 Å². The van der Waals surface area contributed by atoms with Crippen molar-refractivity contribution < 1.29 is 14.3 Å². The summed E-state index contributed by atoms with van der Waals surface area (Å²) in [5.41, 5.74) is 6.35. The van der Waals surface area contributed by atoms with Gasteiger partial charge in [-0.2, -0.15) is 15.0 Å². The molecule has 1 aromatic carbocycles. The zero-order valence-electron chi connectivity index (χ0n) is 13.7. The highest BCUT2D eigenvalue weighted by Crippen LogP contribution is 2.30. The van der Waals surface area contributed by atoms with Gasteiger partial charge < -0.3 is 16.2 Å². The highest BCUT2D eigenvalue weighted by atomic mass is 19.1. The Morgan fingerprint density at radius 2 is 2.04 bits per heavy atom. The van der Waals surface area contributed by atoms with Crippen LogP contribution in [0, 0.1) is 5.82 Å². The molecule has 0 saturated heterocycles. The summed E-state index contributed by atoms with van der Waals surface area (Å²) in [7, 11) is 0. The number of carboxylic acid groups (broad SMARTS) is 1. The normalized spacial score (nSPS) is 15.2. The van der Waals surface area contributed by atoms with E-state index in [-0.39, 0.29) is 30.3 Å². The van der Waals surface area contributed by atoms with Crippen molar-refractivity contribution >= 4 is 23.6 Å². The molecule has 1 aliphatic carbocycles. The van der Waals surface area contributed by atoms with Gasteiger partial charge in [-0.05, 0) is 44.0 Å². The average Bonchev–Trinajstić information content (AvgIpc) is 3.38. The number of aliphatic carboxylic acids is 1. The molecule has 4 N–H and O–H groups in total. The molecule has 0 bridgehead atoms. The van der Waals surface area contributed by atoms with Crippen molar-refractivity contribution in [1.82, 2.24) is 19.9 Å². The van der Waals surface area contributed by atoms with Gasteiger partial charge in [-0.25, -0.2) is 4.39 Å². The van der Waals surface area contributed by atoms with E-state index in [9.17, 15) is 14.3 Å². The number of nitrogens with two attached hydrogens (primary N) is 1. The van der Waals surface area contributed by atoms with Gasteiger partial charge in [0.25, 0.3) is 0 Å². The minimum atomic E-state index is -0.890. The summed E-state index contributed by atoms with van der Waals surface area (Å²) in [6.07, 6.45) is 1.91. The molecule has 0 radical (unpaired) electrons. The Bertz CT molecular complexity index is 766. The van der Waals surface area contributed by atoms with Crippen LogP contribution in [-0.2, 0) is 11.3 Å². The third-order valence-electron chi connectivity index (χ3n) is 3.99. The molecule has 0 amide bonds. The van der Waals surface area contributed by atoms with Crippen LogP contribution in [0.1, 0.15) is 25.6 Å². The first-order valence-electron chi connectivity index (χ1n) is 7.94. The van der Waals surface area contributed by atoms with Gasteiger partial charge in [-0.3, -0.25) is 9.69 Å². The molecule has 9 heteroatoms. The Morgan fingerprint density at radius 3 is 2.64 bits per heavy atom. The van der Waals surface area contributed by atoms with Crippen LogP contribution in [-0.4, -0.2) is 43.0 Å². The van der Waals surface area contributed by atoms with Gasteiger partial charge in [0.05, 0.1) is 6.54 Å². The van der Waals surface area contributed by atoms with Gasteiger partial charge in [-0.15, -0.1) is 0 Å². The highest BCUT2D eigenvalue weighted by Gasteiger charge is 2.35. The Morgan fingerprint density at radius 1 is 1.36 bits per heavy atom. The van der Waals surface area contributed by atoms with E-state index in [1.807, 2.05) is 4.90 Å². The van der Waals surface area contributed by atoms with E-state index in [1.165, 1.54) is 12.1 Å². The van der Waals surface area contributed by atoms with Crippen LogP contribution in [0.4, 0.5) is 22.0 Å². The predicted molar refractivity (Wildman–Crippen MR) is 89.6 cm³/mol. The number of halogens is 1. The van der Waals surface area contributed by atoms with Crippen LogP contribution < -0.4 is 11.1 Å². The molecule has 25 heavy (non-hydrogen) atoms. The van der Waals surface area contributed by atoms with E-state index in [0.717, 1.165) is 12.8 Å². The van der Waals surface area contributed by atoms with Crippen molar-refractivity contribution in [3.8, 4) is 0 Å². The Kier molecular flexibility index (Phi) is 4.75. The predicted octanol–water partition coefficient (Wildman–Crippen LogP) is 1.77. The molecule has 0 spiro atoms. The van der Waals surface area contributed by atoms with E-state index in [2.05, 4.69) is 20.3 Å². The number of rotatable bonds is 7. The van der Waals surface area contributed by atoms with Crippen LogP contribution >= 0.6 is 0 Å². The first-order valence-corrected chi connectivity index (χ1v) is 7.94. The number of hydrogen-bond acceptors (Lipinski definition) is 7. The third kappa shape index (κ3) is 4.38. The molecule has 132 valence electrons.